The Kier molecular flexibility index (Phi) is 10.1. The molecule has 214 valence electrons. The Morgan fingerprint density at radius 2 is 1.54 bits per heavy atom. The van der Waals surface area contributed by atoms with Crippen LogP contribution in [0.5, 0.6) is 5.75 Å². The highest BCUT2D eigenvalue weighted by molar-refractivity contribution is 5.86. The van der Waals surface area contributed by atoms with Crippen molar-refractivity contribution in [1.82, 2.24) is 0 Å². The van der Waals surface area contributed by atoms with Crippen LogP contribution in [0, 0.1) is 0 Å². The lowest BCUT2D eigenvalue weighted by atomic mass is 9.94. The quantitative estimate of drug-likeness (QED) is 0.245. The SMILES string of the molecule is CC(O)C(Oc1ccc(-c2cccc(C(F)(F)F)c2)cc1Cc1cccc2ccccc12)C1=CCCC=C1.CCC. The molecule has 2 atom stereocenters. The lowest BCUT2D eigenvalue weighted by molar-refractivity contribution is -0.137. The number of allylic oxidation sites excluding steroid dienone is 2. The number of hydrogen-bond donors (Lipinski definition) is 1. The van der Waals surface area contributed by atoms with Crippen LogP contribution in [0.15, 0.2) is 109 Å². The summed E-state index contributed by atoms with van der Waals surface area (Å²) in [5.41, 5.74) is 3.31. The van der Waals surface area contributed by atoms with Gasteiger partial charge >= 0.3 is 6.18 Å². The van der Waals surface area contributed by atoms with Crippen molar-refractivity contribution in [3.63, 3.8) is 0 Å². The molecule has 0 radical (unpaired) electrons. The molecule has 4 aromatic carbocycles. The van der Waals surface area contributed by atoms with Crippen molar-refractivity contribution in [2.45, 2.75) is 64.8 Å². The predicted molar refractivity (Wildman–Crippen MR) is 162 cm³/mol. The van der Waals surface area contributed by atoms with E-state index in [-0.39, 0.29) is 0 Å². The summed E-state index contributed by atoms with van der Waals surface area (Å²) >= 11 is 0. The van der Waals surface area contributed by atoms with Crippen LogP contribution in [-0.2, 0) is 12.6 Å². The largest absolute Gasteiger partial charge is 0.483 e. The van der Waals surface area contributed by atoms with Crippen molar-refractivity contribution in [2.75, 3.05) is 0 Å². The van der Waals surface area contributed by atoms with Gasteiger partial charge in [-0.25, -0.2) is 0 Å². The minimum Gasteiger partial charge on any atom is -0.483 e. The minimum atomic E-state index is -4.42. The average Bonchev–Trinajstić information content (AvgIpc) is 2.97. The molecule has 1 N–H and O–H groups in total. The first kappa shape index (κ1) is 30.1. The smallest absolute Gasteiger partial charge is 0.416 e. The summed E-state index contributed by atoms with van der Waals surface area (Å²) in [6.45, 7) is 5.95. The van der Waals surface area contributed by atoms with Crippen LogP contribution < -0.4 is 4.74 Å². The summed E-state index contributed by atoms with van der Waals surface area (Å²) in [7, 11) is 0. The number of halogens is 3. The summed E-state index contributed by atoms with van der Waals surface area (Å²) in [5.74, 6) is 0.597. The highest BCUT2D eigenvalue weighted by Crippen LogP contribution is 2.35. The maximum Gasteiger partial charge on any atom is 0.416 e. The molecule has 1 aliphatic rings. The molecule has 0 aliphatic heterocycles. The first-order chi connectivity index (χ1) is 19.7. The second kappa shape index (κ2) is 13.7. The topological polar surface area (TPSA) is 29.5 Å². The van der Waals surface area contributed by atoms with E-state index < -0.39 is 23.9 Å². The number of benzene rings is 4. The van der Waals surface area contributed by atoms with Gasteiger partial charge in [0.15, 0.2) is 0 Å². The number of alkyl halides is 3. The van der Waals surface area contributed by atoms with Gasteiger partial charge in [-0.05, 0) is 82.6 Å². The van der Waals surface area contributed by atoms with E-state index in [2.05, 4.69) is 50.3 Å². The molecule has 0 spiro atoms. The van der Waals surface area contributed by atoms with Gasteiger partial charge in [-0.15, -0.1) is 0 Å². The Morgan fingerprint density at radius 1 is 0.829 bits per heavy atom. The number of fused-ring (bicyclic) bond motifs is 1. The molecule has 0 amide bonds. The van der Waals surface area contributed by atoms with Crippen LogP contribution in [0.1, 0.15) is 56.7 Å². The Hall–Kier alpha value is -3.83. The highest BCUT2D eigenvalue weighted by Gasteiger charge is 2.30. The molecular formula is C36H37F3O2. The standard InChI is InChI=1S/C33H29F3O2.C3H8/c1-22(37)32(24-10-3-2-4-11-24)38-31-18-17-26(25-13-8-15-29(21-25)33(34,35)36)19-28(31)20-27-14-7-12-23-9-5-6-16-30(23)27;1-3-2/h3,5-19,21-22,32,37H,2,4,20H2,1H3;3H2,1-2H3. The van der Waals surface area contributed by atoms with Crippen LogP contribution >= 0.6 is 0 Å². The van der Waals surface area contributed by atoms with Crippen molar-refractivity contribution in [3.8, 4) is 16.9 Å². The molecule has 4 aromatic rings. The molecule has 1 aliphatic carbocycles. The molecule has 0 aromatic heterocycles. The van der Waals surface area contributed by atoms with Gasteiger partial charge in [0.2, 0.25) is 0 Å². The molecular weight excluding hydrogens is 521 g/mol. The molecule has 0 saturated carbocycles. The Bertz CT molecular complexity index is 1510. The fourth-order valence-corrected chi connectivity index (χ4v) is 4.97. The van der Waals surface area contributed by atoms with Gasteiger partial charge in [-0.2, -0.15) is 13.2 Å². The van der Waals surface area contributed by atoms with Gasteiger partial charge < -0.3 is 9.84 Å². The zero-order valence-electron chi connectivity index (χ0n) is 23.8. The molecule has 0 fully saturated rings. The summed E-state index contributed by atoms with van der Waals surface area (Å²) in [4.78, 5) is 0. The van der Waals surface area contributed by atoms with E-state index in [1.54, 1.807) is 25.1 Å². The number of rotatable bonds is 7. The lowest BCUT2D eigenvalue weighted by Gasteiger charge is -2.26. The molecule has 41 heavy (non-hydrogen) atoms. The number of aliphatic hydroxyl groups is 1. The Labute approximate surface area is 240 Å². The summed E-state index contributed by atoms with van der Waals surface area (Å²) < 4.78 is 46.7. The summed E-state index contributed by atoms with van der Waals surface area (Å²) in [5, 5.41) is 12.8. The first-order valence-corrected chi connectivity index (χ1v) is 14.2. The Morgan fingerprint density at radius 3 is 2.24 bits per heavy atom. The molecule has 2 nitrogen and oxygen atoms in total. The fourth-order valence-electron chi connectivity index (χ4n) is 4.97. The molecule has 0 bridgehead atoms. The third kappa shape index (κ3) is 7.68. The average molecular weight is 559 g/mol. The predicted octanol–water partition coefficient (Wildman–Crippen LogP) is 9.94. The molecule has 0 heterocycles. The number of hydrogen-bond acceptors (Lipinski definition) is 2. The molecule has 2 unspecified atom stereocenters. The van der Waals surface area contributed by atoms with Crippen LogP contribution in [0.3, 0.4) is 0 Å². The molecule has 0 saturated heterocycles. The van der Waals surface area contributed by atoms with Gasteiger partial charge in [0.1, 0.15) is 11.9 Å². The van der Waals surface area contributed by atoms with Crippen LogP contribution in [0.25, 0.3) is 21.9 Å². The van der Waals surface area contributed by atoms with E-state index in [4.69, 9.17) is 4.74 Å². The third-order valence-corrected chi connectivity index (χ3v) is 6.89. The van der Waals surface area contributed by atoms with Crippen molar-refractivity contribution < 1.29 is 23.0 Å². The lowest BCUT2D eigenvalue weighted by Crippen LogP contribution is -2.31. The van der Waals surface area contributed by atoms with Crippen LogP contribution in [0.2, 0.25) is 0 Å². The van der Waals surface area contributed by atoms with E-state index in [1.165, 1.54) is 18.6 Å². The van der Waals surface area contributed by atoms with Crippen molar-refractivity contribution in [1.29, 1.82) is 0 Å². The van der Waals surface area contributed by atoms with Gasteiger partial charge in [-0.1, -0.05) is 99.2 Å². The van der Waals surface area contributed by atoms with E-state index in [1.807, 2.05) is 30.3 Å². The van der Waals surface area contributed by atoms with Gasteiger partial charge in [-0.3, -0.25) is 0 Å². The van der Waals surface area contributed by atoms with Gasteiger partial charge in [0.25, 0.3) is 0 Å². The monoisotopic (exact) mass is 558 g/mol. The zero-order valence-corrected chi connectivity index (χ0v) is 23.8. The van der Waals surface area contributed by atoms with Crippen molar-refractivity contribution in [2.24, 2.45) is 0 Å². The number of aliphatic hydroxyl groups excluding tert-OH is 1. The van der Waals surface area contributed by atoms with Crippen molar-refractivity contribution >= 4 is 10.8 Å². The summed E-state index contributed by atoms with van der Waals surface area (Å²) in [6, 6.07) is 25.1. The van der Waals surface area contributed by atoms with Gasteiger partial charge in [0.05, 0.1) is 11.7 Å². The Balaban J connectivity index is 0.00000124. The van der Waals surface area contributed by atoms with E-state index >= 15 is 0 Å². The summed E-state index contributed by atoms with van der Waals surface area (Å²) in [6.07, 6.45) is 4.02. The zero-order chi connectivity index (χ0) is 29.4. The molecule has 5 rings (SSSR count). The fraction of sp³-hybridized carbons (Fsp3) is 0.278. The molecule has 5 heteroatoms. The number of ether oxygens (including phenoxy) is 1. The van der Waals surface area contributed by atoms with E-state index in [0.717, 1.165) is 46.4 Å². The first-order valence-electron chi connectivity index (χ1n) is 14.2. The normalized spacial score (nSPS) is 14.6. The second-order valence-electron chi connectivity index (χ2n) is 10.4. The van der Waals surface area contributed by atoms with Crippen LogP contribution in [-0.4, -0.2) is 17.3 Å². The third-order valence-electron chi connectivity index (χ3n) is 6.89. The maximum atomic E-state index is 13.4. The highest BCUT2D eigenvalue weighted by atomic mass is 19.4. The minimum absolute atomic E-state index is 0.482. The van der Waals surface area contributed by atoms with Gasteiger partial charge in [0, 0.05) is 6.42 Å². The van der Waals surface area contributed by atoms with E-state index in [9.17, 15) is 18.3 Å². The van der Waals surface area contributed by atoms with E-state index in [0.29, 0.717) is 23.3 Å². The second-order valence-corrected chi connectivity index (χ2v) is 10.4. The van der Waals surface area contributed by atoms with Crippen LogP contribution in [0.4, 0.5) is 13.2 Å². The van der Waals surface area contributed by atoms with Crippen molar-refractivity contribution in [3.05, 3.63) is 125 Å². The maximum absolute atomic E-state index is 13.4.